The fourth-order valence-electron chi connectivity index (χ4n) is 5.38. The number of carbonyl (C=O) groups is 4. The van der Waals surface area contributed by atoms with Crippen LogP contribution < -0.4 is 0 Å². The second-order valence-corrected chi connectivity index (χ2v) is 10.1. The molecule has 6 rings (SSSR count). The minimum absolute atomic E-state index is 0.0463. The van der Waals surface area contributed by atoms with Gasteiger partial charge in [0.1, 0.15) is 0 Å². The van der Waals surface area contributed by atoms with Crippen molar-refractivity contribution in [3.8, 4) is 11.1 Å². The van der Waals surface area contributed by atoms with Crippen LogP contribution in [0.4, 0.5) is 0 Å². The van der Waals surface area contributed by atoms with Crippen molar-refractivity contribution in [2.75, 3.05) is 28.4 Å². The average Bonchev–Trinajstić information content (AvgIpc) is 3.89. The van der Waals surface area contributed by atoms with Gasteiger partial charge in [-0.25, -0.2) is 29.1 Å². The molecule has 0 fully saturated rings. The second-order valence-electron chi connectivity index (χ2n) is 10.1. The summed E-state index contributed by atoms with van der Waals surface area (Å²) in [6, 6.07) is 14.3. The van der Waals surface area contributed by atoms with Gasteiger partial charge in [-0.05, 0) is 72.8 Å². The highest BCUT2D eigenvalue weighted by atomic mass is 16.5. The Labute approximate surface area is 261 Å². The summed E-state index contributed by atoms with van der Waals surface area (Å²) in [6.07, 6.45) is 7.28. The first-order valence-corrected chi connectivity index (χ1v) is 13.9. The fourth-order valence-corrected chi connectivity index (χ4v) is 5.38. The Balaban J connectivity index is 1.82. The Morgan fingerprint density at radius 2 is 1.04 bits per heavy atom. The molecule has 0 spiro atoms. The summed E-state index contributed by atoms with van der Waals surface area (Å²) in [6.45, 7) is 0. The number of nitrogens with zero attached hydrogens (tertiary/aromatic N) is 2. The van der Waals surface area contributed by atoms with Crippen LogP contribution in [0.15, 0.2) is 48.5 Å². The number of aromatic amines is 2. The molecule has 8 bridgehead atoms. The van der Waals surface area contributed by atoms with E-state index < -0.39 is 35.0 Å². The van der Waals surface area contributed by atoms with Crippen molar-refractivity contribution in [1.29, 1.82) is 0 Å². The van der Waals surface area contributed by atoms with E-state index in [1.54, 1.807) is 24.3 Å². The highest BCUT2D eigenvalue weighted by Gasteiger charge is 2.36. The molecule has 3 aromatic heterocycles. The van der Waals surface area contributed by atoms with E-state index in [1.807, 2.05) is 42.5 Å². The number of carbonyl (C=O) groups excluding carboxylic acids is 4. The SMILES string of the molecule is COC(=O)c1cc(-c2c3nc(cc4ccc(cc5nc(cc6ccc2[nH]6)C=C5)[nH]4)C=C3)c(C(=O)OC)c(C(=O)OC)c1C(=O)OC. The lowest BCUT2D eigenvalue weighted by Gasteiger charge is -2.18. The summed E-state index contributed by atoms with van der Waals surface area (Å²) in [7, 11) is 4.40. The maximum atomic E-state index is 13.6. The molecule has 46 heavy (non-hydrogen) atoms. The molecule has 2 aliphatic heterocycles. The van der Waals surface area contributed by atoms with E-state index in [2.05, 4.69) is 15.0 Å². The maximum Gasteiger partial charge on any atom is 0.339 e. The third-order valence-electron chi connectivity index (χ3n) is 7.39. The van der Waals surface area contributed by atoms with Gasteiger partial charge in [0.15, 0.2) is 0 Å². The molecule has 230 valence electrons. The zero-order valence-corrected chi connectivity index (χ0v) is 25.1. The molecule has 0 aliphatic carbocycles. The van der Waals surface area contributed by atoms with Gasteiger partial charge in [-0.1, -0.05) is 0 Å². The van der Waals surface area contributed by atoms with Crippen LogP contribution in [-0.2, 0) is 18.9 Å². The molecule has 4 aromatic rings. The summed E-state index contributed by atoms with van der Waals surface area (Å²) >= 11 is 0. The van der Waals surface area contributed by atoms with Gasteiger partial charge in [0.25, 0.3) is 0 Å². The summed E-state index contributed by atoms with van der Waals surface area (Å²) < 4.78 is 20.0. The lowest BCUT2D eigenvalue weighted by atomic mass is 9.87. The van der Waals surface area contributed by atoms with Gasteiger partial charge >= 0.3 is 23.9 Å². The summed E-state index contributed by atoms with van der Waals surface area (Å²) in [5.74, 6) is -4.08. The number of aromatic nitrogens is 4. The predicted molar refractivity (Wildman–Crippen MR) is 170 cm³/mol. The van der Waals surface area contributed by atoms with Crippen molar-refractivity contribution in [1.82, 2.24) is 19.9 Å². The number of H-pyrrole nitrogens is 2. The number of hydrogen-bond donors (Lipinski definition) is 2. The van der Waals surface area contributed by atoms with Crippen molar-refractivity contribution < 1.29 is 38.1 Å². The van der Waals surface area contributed by atoms with Crippen molar-refractivity contribution in [2.45, 2.75) is 0 Å². The molecule has 12 nitrogen and oxygen atoms in total. The first kappa shape index (κ1) is 29.8. The first-order chi connectivity index (χ1) is 22.2. The minimum Gasteiger partial charge on any atom is -0.465 e. The highest BCUT2D eigenvalue weighted by Crippen LogP contribution is 2.38. The van der Waals surface area contributed by atoms with Crippen LogP contribution in [0.3, 0.4) is 0 Å². The van der Waals surface area contributed by atoms with E-state index in [4.69, 9.17) is 23.9 Å². The van der Waals surface area contributed by atoms with Crippen molar-refractivity contribution >= 4 is 70.2 Å². The number of hydrogen-bond acceptors (Lipinski definition) is 10. The second kappa shape index (κ2) is 12.0. The molecule has 0 radical (unpaired) electrons. The summed E-state index contributed by atoms with van der Waals surface area (Å²) in [4.78, 5) is 69.3. The van der Waals surface area contributed by atoms with E-state index in [-0.39, 0.29) is 16.7 Å². The first-order valence-electron chi connectivity index (χ1n) is 13.9. The number of rotatable bonds is 5. The molecule has 12 heteroatoms. The molecule has 0 amide bonds. The average molecular weight is 619 g/mol. The van der Waals surface area contributed by atoms with Crippen LogP contribution in [0.5, 0.6) is 0 Å². The van der Waals surface area contributed by atoms with Crippen LogP contribution in [0.2, 0.25) is 0 Å². The fraction of sp³-hybridized carbons (Fsp3) is 0.118. The van der Waals surface area contributed by atoms with E-state index in [0.29, 0.717) is 33.7 Å². The van der Waals surface area contributed by atoms with Gasteiger partial charge < -0.3 is 28.9 Å². The quantitative estimate of drug-likeness (QED) is 0.187. The van der Waals surface area contributed by atoms with Gasteiger partial charge in [-0.3, -0.25) is 0 Å². The Hall–Kier alpha value is -6.30. The lowest BCUT2D eigenvalue weighted by molar-refractivity contribution is 0.0522. The zero-order chi connectivity index (χ0) is 32.5. The highest BCUT2D eigenvalue weighted by molar-refractivity contribution is 6.18. The molecular formula is C34H26N4O8. The Bertz CT molecular complexity index is 2190. The van der Waals surface area contributed by atoms with Crippen LogP contribution in [0.1, 0.15) is 64.2 Å². The molecule has 2 N–H and O–H groups in total. The van der Waals surface area contributed by atoms with E-state index >= 15 is 0 Å². The smallest absolute Gasteiger partial charge is 0.339 e. The molecule has 0 saturated carbocycles. The zero-order valence-electron chi connectivity index (χ0n) is 25.1. The number of benzene rings is 1. The maximum absolute atomic E-state index is 13.6. The van der Waals surface area contributed by atoms with Gasteiger partial charge in [0, 0.05) is 33.2 Å². The Kier molecular flexibility index (Phi) is 7.76. The van der Waals surface area contributed by atoms with Crippen LogP contribution in [-0.4, -0.2) is 72.3 Å². The predicted octanol–water partition coefficient (Wildman–Crippen LogP) is 5.47. The third kappa shape index (κ3) is 5.32. The normalized spacial score (nSPS) is 11.7. The van der Waals surface area contributed by atoms with Crippen molar-refractivity contribution in [3.05, 3.63) is 93.6 Å². The standard InChI is InChI=1S/C34H26N4O8/c1-43-31(39)24-16-23(28(32(40)44-2)30(34(42)46-4)29(24)33(41)45-3)27-25-11-9-21(37-25)14-19-7-5-17(35-19)13-18-6-8-20(36-18)15-22-10-12-26(27)38-22/h5-16,35,38H,1-4H3. The molecule has 2 aliphatic rings. The van der Waals surface area contributed by atoms with Crippen LogP contribution in [0.25, 0.3) is 57.5 Å². The molecule has 1 aromatic carbocycles. The van der Waals surface area contributed by atoms with Gasteiger partial charge in [-0.2, -0.15) is 0 Å². The summed E-state index contributed by atoms with van der Waals surface area (Å²) in [5, 5.41) is 0. The minimum atomic E-state index is -1.08. The molecule has 0 atom stereocenters. The monoisotopic (exact) mass is 618 g/mol. The van der Waals surface area contributed by atoms with Crippen molar-refractivity contribution in [3.63, 3.8) is 0 Å². The van der Waals surface area contributed by atoms with Gasteiger partial charge in [0.2, 0.25) is 0 Å². The molecule has 0 saturated heterocycles. The van der Waals surface area contributed by atoms with E-state index in [9.17, 15) is 19.2 Å². The van der Waals surface area contributed by atoms with E-state index in [0.717, 1.165) is 45.2 Å². The van der Waals surface area contributed by atoms with Gasteiger partial charge in [-0.15, -0.1) is 0 Å². The molecule has 5 heterocycles. The Morgan fingerprint density at radius 3 is 1.65 bits per heavy atom. The van der Waals surface area contributed by atoms with Gasteiger partial charge in [0.05, 0.1) is 73.5 Å². The number of methoxy groups -OCH3 is 4. The summed E-state index contributed by atoms with van der Waals surface area (Å²) in [5.41, 5.74) is 3.81. The number of esters is 4. The molecular weight excluding hydrogens is 592 g/mol. The number of nitrogens with one attached hydrogen (secondary N) is 2. The Morgan fingerprint density at radius 1 is 0.543 bits per heavy atom. The number of ether oxygens (including phenoxy) is 4. The lowest BCUT2D eigenvalue weighted by Crippen LogP contribution is -2.23. The number of fused-ring (bicyclic) bond motifs is 8. The van der Waals surface area contributed by atoms with E-state index in [1.165, 1.54) is 6.07 Å². The topological polar surface area (TPSA) is 163 Å². The van der Waals surface area contributed by atoms with Crippen LogP contribution in [0, 0.1) is 0 Å². The van der Waals surface area contributed by atoms with Crippen LogP contribution >= 0.6 is 0 Å². The largest absolute Gasteiger partial charge is 0.465 e. The third-order valence-corrected chi connectivity index (χ3v) is 7.39. The molecule has 0 unspecified atom stereocenters. The van der Waals surface area contributed by atoms with Crippen molar-refractivity contribution in [2.24, 2.45) is 0 Å².